The van der Waals surface area contributed by atoms with E-state index in [0.29, 0.717) is 31.6 Å². The van der Waals surface area contributed by atoms with Crippen LogP contribution in [0.25, 0.3) is 0 Å². The van der Waals surface area contributed by atoms with Crippen LogP contribution >= 0.6 is 24.0 Å². The number of rotatable bonds is 7. The molecule has 160 valence electrons. The molecule has 3 rings (SSSR count). The van der Waals surface area contributed by atoms with E-state index in [-0.39, 0.29) is 29.6 Å². The topological polar surface area (TPSA) is 80.9 Å². The van der Waals surface area contributed by atoms with Gasteiger partial charge >= 0.3 is 0 Å². The molecule has 0 unspecified atom stereocenters. The Hall–Kier alpha value is -1.97. The number of aromatic nitrogens is 1. The second-order valence-corrected chi connectivity index (χ2v) is 7.86. The normalized spacial score (nSPS) is 14.8. The largest absolute Gasteiger partial charge is 0.488 e. The van der Waals surface area contributed by atoms with Crippen LogP contribution in [-0.2, 0) is 13.0 Å². The Labute approximate surface area is 189 Å². The number of hydrogen-bond donors (Lipinski definition) is 2. The zero-order valence-electron chi connectivity index (χ0n) is 17.7. The highest BCUT2D eigenvalue weighted by Crippen LogP contribution is 2.41. The number of hydrogen-bond acceptors (Lipinski definition) is 5. The molecule has 29 heavy (non-hydrogen) atoms. The van der Waals surface area contributed by atoms with Crippen molar-refractivity contribution in [2.45, 2.75) is 52.2 Å². The summed E-state index contributed by atoms with van der Waals surface area (Å²) in [4.78, 5) is 4.22. The minimum atomic E-state index is -0.178. The fourth-order valence-corrected chi connectivity index (χ4v) is 3.11. The van der Waals surface area contributed by atoms with Crippen LogP contribution in [0, 0.1) is 0 Å². The fourth-order valence-electron chi connectivity index (χ4n) is 3.11. The molecule has 0 aliphatic carbocycles. The zero-order valence-corrected chi connectivity index (χ0v) is 20.1. The number of nitrogens with one attached hydrogen (secondary N) is 2. The fraction of sp³-hybridized carbons (Fsp3) is 0.524. The third-order valence-corrected chi connectivity index (χ3v) is 4.53. The summed E-state index contributed by atoms with van der Waals surface area (Å²) in [5.74, 6) is 3.46. The minimum absolute atomic E-state index is 0. The maximum Gasteiger partial charge on any atom is 0.191 e. The quantitative estimate of drug-likeness (QED) is 0.253. The first-order valence-electron chi connectivity index (χ1n) is 9.71. The molecule has 0 fully saturated rings. The first-order valence-corrected chi connectivity index (χ1v) is 9.71. The predicted molar refractivity (Wildman–Crippen MR) is 125 cm³/mol. The van der Waals surface area contributed by atoms with Gasteiger partial charge in [-0.15, -0.1) is 24.0 Å². The number of benzene rings is 1. The maximum atomic E-state index is 6.03. The molecule has 0 bridgehead atoms. The monoisotopic (exact) mass is 514 g/mol. The molecule has 8 heteroatoms. The maximum absolute atomic E-state index is 6.03. The summed E-state index contributed by atoms with van der Waals surface area (Å²) >= 11 is 0. The number of guanidine groups is 1. The van der Waals surface area contributed by atoms with Crippen molar-refractivity contribution in [3.63, 3.8) is 0 Å². The third-order valence-electron chi connectivity index (χ3n) is 4.53. The average Bonchev–Trinajstić information content (AvgIpc) is 3.24. The standard InChI is InChI=1S/C21H30N4O3.HI/c1-14(2)17-11-16(28-25-17)13-24-20(22-5)23-9-10-26-18-8-6-7-15-12-21(3,4)27-19(15)18;/h6-8,11,14H,9-10,12-13H2,1-5H3,(H2,22,23,24);1H. The van der Waals surface area contributed by atoms with Crippen LogP contribution in [0.4, 0.5) is 0 Å². The summed E-state index contributed by atoms with van der Waals surface area (Å²) in [6.07, 6.45) is 0.897. The van der Waals surface area contributed by atoms with Crippen molar-refractivity contribution < 1.29 is 14.0 Å². The van der Waals surface area contributed by atoms with Crippen molar-refractivity contribution in [3.8, 4) is 11.5 Å². The molecular formula is C21H31IN4O3. The van der Waals surface area contributed by atoms with Gasteiger partial charge in [0.25, 0.3) is 0 Å². The summed E-state index contributed by atoms with van der Waals surface area (Å²) in [6, 6.07) is 8.01. The van der Waals surface area contributed by atoms with Gasteiger partial charge in [0.2, 0.25) is 0 Å². The van der Waals surface area contributed by atoms with Crippen LogP contribution < -0.4 is 20.1 Å². The van der Waals surface area contributed by atoms with Crippen molar-refractivity contribution in [1.82, 2.24) is 15.8 Å². The Morgan fingerprint density at radius 2 is 2.10 bits per heavy atom. The Morgan fingerprint density at radius 3 is 2.79 bits per heavy atom. The summed E-state index contributed by atoms with van der Waals surface area (Å²) in [7, 11) is 1.73. The molecule has 0 spiro atoms. The zero-order chi connectivity index (χ0) is 20.1. The van der Waals surface area contributed by atoms with Gasteiger partial charge in [0, 0.05) is 25.1 Å². The summed E-state index contributed by atoms with van der Waals surface area (Å²) in [5, 5.41) is 10.5. The molecule has 0 amide bonds. The smallest absolute Gasteiger partial charge is 0.191 e. The van der Waals surface area contributed by atoms with Crippen molar-refractivity contribution >= 4 is 29.9 Å². The molecule has 2 aromatic rings. The van der Waals surface area contributed by atoms with E-state index in [1.807, 2.05) is 18.2 Å². The molecule has 1 aromatic heterocycles. The Balaban J connectivity index is 0.00000300. The van der Waals surface area contributed by atoms with E-state index >= 15 is 0 Å². The lowest BCUT2D eigenvalue weighted by Crippen LogP contribution is -2.38. The molecule has 0 radical (unpaired) electrons. The van der Waals surface area contributed by atoms with Crippen LogP contribution in [0.1, 0.15) is 50.6 Å². The molecule has 2 heterocycles. The molecule has 0 saturated heterocycles. The van der Waals surface area contributed by atoms with Crippen LogP contribution in [0.3, 0.4) is 0 Å². The second-order valence-electron chi connectivity index (χ2n) is 7.86. The molecule has 0 atom stereocenters. The molecule has 2 N–H and O–H groups in total. The van der Waals surface area contributed by atoms with Crippen molar-refractivity contribution in [1.29, 1.82) is 0 Å². The third kappa shape index (κ3) is 6.25. The number of nitrogens with zero attached hydrogens (tertiary/aromatic N) is 2. The molecule has 0 saturated carbocycles. The van der Waals surface area contributed by atoms with Gasteiger partial charge in [-0.1, -0.05) is 31.1 Å². The Kier molecular flexibility index (Phi) is 8.18. The van der Waals surface area contributed by atoms with Gasteiger partial charge in [-0.2, -0.15) is 0 Å². The van der Waals surface area contributed by atoms with Gasteiger partial charge in [0.1, 0.15) is 12.2 Å². The van der Waals surface area contributed by atoms with E-state index in [0.717, 1.165) is 29.4 Å². The lowest BCUT2D eigenvalue weighted by molar-refractivity contribution is 0.132. The molecule has 1 aromatic carbocycles. The number of halogens is 1. The van der Waals surface area contributed by atoms with Crippen LogP contribution in [-0.4, -0.2) is 36.9 Å². The highest BCUT2D eigenvalue weighted by molar-refractivity contribution is 14.0. The van der Waals surface area contributed by atoms with Gasteiger partial charge in [-0.25, -0.2) is 0 Å². The average molecular weight is 514 g/mol. The van der Waals surface area contributed by atoms with Crippen molar-refractivity contribution in [3.05, 3.63) is 41.3 Å². The first-order chi connectivity index (χ1) is 13.4. The van der Waals surface area contributed by atoms with Crippen molar-refractivity contribution in [2.75, 3.05) is 20.2 Å². The van der Waals surface area contributed by atoms with Crippen LogP contribution in [0.15, 0.2) is 33.8 Å². The number of fused-ring (bicyclic) bond motifs is 1. The van der Waals surface area contributed by atoms with Gasteiger partial charge in [0.05, 0.1) is 18.8 Å². The minimum Gasteiger partial charge on any atom is -0.488 e. The van der Waals surface area contributed by atoms with E-state index in [4.69, 9.17) is 14.0 Å². The Morgan fingerprint density at radius 1 is 1.31 bits per heavy atom. The molecule has 1 aliphatic heterocycles. The highest BCUT2D eigenvalue weighted by atomic mass is 127. The van der Waals surface area contributed by atoms with Crippen LogP contribution in [0.2, 0.25) is 0 Å². The molecule has 1 aliphatic rings. The lowest BCUT2D eigenvalue weighted by Gasteiger charge is -2.18. The van der Waals surface area contributed by atoms with E-state index in [2.05, 4.69) is 54.5 Å². The summed E-state index contributed by atoms with van der Waals surface area (Å²) in [5.41, 5.74) is 1.97. The number of ether oxygens (including phenoxy) is 2. The summed E-state index contributed by atoms with van der Waals surface area (Å²) in [6.45, 7) is 9.99. The SMILES string of the molecule is CN=C(NCCOc1cccc2c1OC(C)(C)C2)NCc1cc(C(C)C)no1.I. The van der Waals surface area contributed by atoms with E-state index in [1.165, 1.54) is 5.56 Å². The van der Waals surface area contributed by atoms with Gasteiger partial charge < -0.3 is 24.6 Å². The van der Waals surface area contributed by atoms with Gasteiger partial charge in [-0.3, -0.25) is 4.99 Å². The Bertz CT molecular complexity index is 833. The van der Waals surface area contributed by atoms with Crippen LogP contribution in [0.5, 0.6) is 11.5 Å². The van der Waals surface area contributed by atoms with E-state index in [9.17, 15) is 0 Å². The summed E-state index contributed by atoms with van der Waals surface area (Å²) < 4.78 is 17.3. The van der Waals surface area contributed by atoms with E-state index in [1.54, 1.807) is 7.05 Å². The second kappa shape index (κ2) is 10.2. The molecule has 7 nitrogen and oxygen atoms in total. The van der Waals surface area contributed by atoms with Crippen molar-refractivity contribution in [2.24, 2.45) is 4.99 Å². The first kappa shape index (κ1) is 23.3. The van der Waals surface area contributed by atoms with E-state index < -0.39 is 0 Å². The number of aliphatic imine (C=N–C) groups is 1. The predicted octanol–water partition coefficient (Wildman–Crippen LogP) is 3.87. The highest BCUT2D eigenvalue weighted by Gasteiger charge is 2.32. The number of para-hydroxylation sites is 1. The van der Waals surface area contributed by atoms with Gasteiger partial charge in [-0.05, 0) is 25.8 Å². The van der Waals surface area contributed by atoms with Gasteiger partial charge in [0.15, 0.2) is 23.2 Å². The molecular weight excluding hydrogens is 483 g/mol. The lowest BCUT2D eigenvalue weighted by atomic mass is 10.0.